The fourth-order valence-electron chi connectivity index (χ4n) is 1.22. The van der Waals surface area contributed by atoms with Gasteiger partial charge in [-0.3, -0.25) is 9.89 Å². The number of rotatable bonds is 6. The second-order valence-electron chi connectivity index (χ2n) is 3.32. The summed E-state index contributed by atoms with van der Waals surface area (Å²) in [5.74, 6) is 0.506. The van der Waals surface area contributed by atoms with Crippen LogP contribution in [0.5, 0.6) is 0 Å². The fourth-order valence-corrected chi connectivity index (χ4v) is 1.22. The largest absolute Gasteiger partial charge is 0.384 e. The van der Waals surface area contributed by atoms with Gasteiger partial charge in [-0.05, 0) is 6.42 Å². The van der Waals surface area contributed by atoms with E-state index < -0.39 is 0 Å². The lowest BCUT2D eigenvalue weighted by atomic mass is 10.2. The molecule has 0 aliphatic rings. The molecule has 0 unspecified atom stereocenters. The molecule has 0 aliphatic carbocycles. The molecule has 1 aromatic heterocycles. The third kappa shape index (κ3) is 4.12. The van der Waals surface area contributed by atoms with E-state index >= 15 is 0 Å². The van der Waals surface area contributed by atoms with Crippen LogP contribution in [0, 0.1) is 0 Å². The number of hydrogen-bond donors (Lipinski definition) is 2. The number of ether oxygens (including phenoxy) is 1. The van der Waals surface area contributed by atoms with E-state index in [0.717, 1.165) is 18.5 Å². The summed E-state index contributed by atoms with van der Waals surface area (Å²) in [4.78, 5) is 11.3. The van der Waals surface area contributed by atoms with Crippen LogP contribution >= 0.6 is 0 Å². The van der Waals surface area contributed by atoms with Crippen LogP contribution in [0.3, 0.4) is 0 Å². The molecule has 15 heavy (non-hydrogen) atoms. The average molecular weight is 211 g/mol. The number of aryl methyl sites for hydroxylation is 1. The normalized spacial score (nSPS) is 10.3. The first kappa shape index (κ1) is 11.7. The number of nitrogens with zero attached hydrogens (tertiary/aromatic N) is 1. The molecule has 5 nitrogen and oxygen atoms in total. The van der Waals surface area contributed by atoms with Crippen LogP contribution in [0.25, 0.3) is 0 Å². The summed E-state index contributed by atoms with van der Waals surface area (Å²) in [6.07, 6.45) is 2.35. The lowest BCUT2D eigenvalue weighted by Crippen LogP contribution is -2.13. The van der Waals surface area contributed by atoms with E-state index in [-0.39, 0.29) is 5.91 Å². The highest BCUT2D eigenvalue weighted by Gasteiger charge is 2.04. The zero-order chi connectivity index (χ0) is 11.1. The standard InChI is InChI=1S/C10H17N3O2/c1-3-4-8-7-9(13-12-8)11-10(14)5-6-15-2/h7H,3-6H2,1-2H3,(H2,11,12,13,14). The van der Waals surface area contributed by atoms with Crippen molar-refractivity contribution in [2.75, 3.05) is 19.0 Å². The molecule has 0 aliphatic heterocycles. The quantitative estimate of drug-likeness (QED) is 0.746. The molecule has 84 valence electrons. The minimum absolute atomic E-state index is 0.0774. The fraction of sp³-hybridized carbons (Fsp3) is 0.600. The molecule has 0 saturated carbocycles. The Labute approximate surface area is 89.2 Å². The van der Waals surface area contributed by atoms with Crippen LogP contribution in [0.15, 0.2) is 6.07 Å². The van der Waals surface area contributed by atoms with Gasteiger partial charge in [-0.1, -0.05) is 13.3 Å². The monoisotopic (exact) mass is 211 g/mol. The van der Waals surface area contributed by atoms with Crippen LogP contribution in [-0.4, -0.2) is 29.8 Å². The Morgan fingerprint density at radius 3 is 3.13 bits per heavy atom. The number of aromatic nitrogens is 2. The molecule has 0 radical (unpaired) electrons. The molecule has 1 heterocycles. The molecule has 0 atom stereocenters. The predicted molar refractivity (Wildman–Crippen MR) is 57.7 cm³/mol. The maximum absolute atomic E-state index is 11.3. The van der Waals surface area contributed by atoms with E-state index in [1.807, 2.05) is 6.07 Å². The van der Waals surface area contributed by atoms with Gasteiger partial charge < -0.3 is 10.1 Å². The van der Waals surface area contributed by atoms with Crippen molar-refractivity contribution in [3.8, 4) is 0 Å². The van der Waals surface area contributed by atoms with Gasteiger partial charge in [-0.2, -0.15) is 5.10 Å². The summed E-state index contributed by atoms with van der Waals surface area (Å²) in [7, 11) is 1.57. The summed E-state index contributed by atoms with van der Waals surface area (Å²) in [6.45, 7) is 2.52. The van der Waals surface area contributed by atoms with Gasteiger partial charge in [0.2, 0.25) is 5.91 Å². The van der Waals surface area contributed by atoms with Crippen molar-refractivity contribution in [1.82, 2.24) is 10.2 Å². The Hall–Kier alpha value is -1.36. The number of nitrogens with one attached hydrogen (secondary N) is 2. The maximum Gasteiger partial charge on any atom is 0.227 e. The number of H-pyrrole nitrogens is 1. The van der Waals surface area contributed by atoms with Gasteiger partial charge in [-0.15, -0.1) is 0 Å². The van der Waals surface area contributed by atoms with Crippen molar-refractivity contribution in [1.29, 1.82) is 0 Å². The van der Waals surface area contributed by atoms with Gasteiger partial charge in [-0.25, -0.2) is 0 Å². The second kappa shape index (κ2) is 6.19. The first-order valence-electron chi connectivity index (χ1n) is 5.09. The van der Waals surface area contributed by atoms with Gasteiger partial charge in [0, 0.05) is 18.9 Å². The lowest BCUT2D eigenvalue weighted by molar-refractivity contribution is -0.117. The summed E-state index contributed by atoms with van der Waals surface area (Å²) in [5.41, 5.74) is 1.04. The second-order valence-corrected chi connectivity index (χ2v) is 3.32. The molecule has 5 heteroatoms. The van der Waals surface area contributed by atoms with E-state index in [9.17, 15) is 4.79 Å². The first-order valence-corrected chi connectivity index (χ1v) is 5.09. The molecule has 0 saturated heterocycles. The average Bonchev–Trinajstić information content (AvgIpc) is 2.63. The number of anilines is 1. The summed E-state index contributed by atoms with van der Waals surface area (Å²) in [6, 6.07) is 1.86. The third-order valence-electron chi connectivity index (χ3n) is 1.95. The highest BCUT2D eigenvalue weighted by atomic mass is 16.5. The van der Waals surface area contributed by atoms with Gasteiger partial charge in [0.15, 0.2) is 5.82 Å². The minimum Gasteiger partial charge on any atom is -0.384 e. The van der Waals surface area contributed by atoms with Gasteiger partial charge >= 0.3 is 0 Å². The number of hydrogen-bond acceptors (Lipinski definition) is 3. The zero-order valence-electron chi connectivity index (χ0n) is 9.17. The highest BCUT2D eigenvalue weighted by Crippen LogP contribution is 2.07. The topological polar surface area (TPSA) is 67.0 Å². The SMILES string of the molecule is CCCc1cc(NC(=O)CCOC)n[nH]1. The molecule has 1 amide bonds. The maximum atomic E-state index is 11.3. The number of carbonyl (C=O) groups is 1. The Bertz CT molecular complexity index is 309. The van der Waals surface area contributed by atoms with Crippen molar-refractivity contribution in [3.05, 3.63) is 11.8 Å². The van der Waals surface area contributed by atoms with E-state index in [1.54, 1.807) is 7.11 Å². The molecule has 0 aromatic carbocycles. The van der Waals surface area contributed by atoms with Crippen molar-refractivity contribution in [2.24, 2.45) is 0 Å². The van der Waals surface area contributed by atoms with E-state index in [4.69, 9.17) is 4.74 Å². The molecular weight excluding hydrogens is 194 g/mol. The van der Waals surface area contributed by atoms with Crippen molar-refractivity contribution in [3.63, 3.8) is 0 Å². The van der Waals surface area contributed by atoms with Gasteiger partial charge in [0.1, 0.15) is 0 Å². The molecule has 0 bridgehead atoms. The van der Waals surface area contributed by atoms with Crippen LogP contribution in [0.4, 0.5) is 5.82 Å². The summed E-state index contributed by atoms with van der Waals surface area (Å²) < 4.78 is 4.80. The molecule has 2 N–H and O–H groups in total. The first-order chi connectivity index (χ1) is 7.26. The highest BCUT2D eigenvalue weighted by molar-refractivity contribution is 5.89. The molecular formula is C10H17N3O2. The van der Waals surface area contributed by atoms with E-state index in [1.165, 1.54) is 0 Å². The van der Waals surface area contributed by atoms with Gasteiger partial charge in [0.05, 0.1) is 13.0 Å². The van der Waals surface area contributed by atoms with Crippen molar-refractivity contribution < 1.29 is 9.53 Å². The van der Waals surface area contributed by atoms with Crippen LogP contribution in [0.2, 0.25) is 0 Å². The number of methoxy groups -OCH3 is 1. The Kier molecular flexibility index (Phi) is 4.83. The molecule has 0 fully saturated rings. The predicted octanol–water partition coefficient (Wildman–Crippen LogP) is 1.34. The third-order valence-corrected chi connectivity index (χ3v) is 1.95. The molecule has 1 aromatic rings. The molecule has 0 spiro atoms. The number of aromatic amines is 1. The number of amides is 1. The number of carbonyl (C=O) groups excluding carboxylic acids is 1. The smallest absolute Gasteiger partial charge is 0.227 e. The Balaban J connectivity index is 2.39. The lowest BCUT2D eigenvalue weighted by Gasteiger charge is -1.99. The Morgan fingerprint density at radius 1 is 1.67 bits per heavy atom. The summed E-state index contributed by atoms with van der Waals surface area (Å²) in [5, 5.41) is 9.55. The summed E-state index contributed by atoms with van der Waals surface area (Å²) >= 11 is 0. The Morgan fingerprint density at radius 2 is 2.47 bits per heavy atom. The van der Waals surface area contributed by atoms with Crippen molar-refractivity contribution >= 4 is 11.7 Å². The van der Waals surface area contributed by atoms with Crippen molar-refractivity contribution in [2.45, 2.75) is 26.2 Å². The molecule has 1 rings (SSSR count). The van der Waals surface area contributed by atoms with Crippen LogP contribution < -0.4 is 5.32 Å². The zero-order valence-corrected chi connectivity index (χ0v) is 9.17. The van der Waals surface area contributed by atoms with Crippen LogP contribution in [0.1, 0.15) is 25.5 Å². The minimum atomic E-state index is -0.0774. The van der Waals surface area contributed by atoms with Gasteiger partial charge in [0.25, 0.3) is 0 Å². The van der Waals surface area contributed by atoms with E-state index in [0.29, 0.717) is 18.8 Å². The van der Waals surface area contributed by atoms with Crippen LogP contribution in [-0.2, 0) is 16.0 Å². The van der Waals surface area contributed by atoms with E-state index in [2.05, 4.69) is 22.4 Å².